The van der Waals surface area contributed by atoms with Crippen LogP contribution in [0.25, 0.3) is 0 Å². The normalized spacial score (nSPS) is 22.2. The molecule has 2 atom stereocenters. The predicted molar refractivity (Wildman–Crippen MR) is 77.7 cm³/mol. The summed E-state index contributed by atoms with van der Waals surface area (Å²) in [5, 5.41) is 20.9. The number of benzene rings is 1. The molecular weight excluding hydrogens is 320 g/mol. The zero-order chi connectivity index (χ0) is 17.3. The molecule has 0 radical (unpaired) electrons. The number of ether oxygens (including phenoxy) is 2. The number of para-hydroxylation sites is 1. The first-order chi connectivity index (χ1) is 11.5. The molecule has 0 bridgehead atoms. The second kappa shape index (κ2) is 6.11. The summed E-state index contributed by atoms with van der Waals surface area (Å²) < 4.78 is 10.1. The minimum atomic E-state index is -1.48. The molecular formula is C15H14N2O7. The number of fused-ring (bicyclic) bond motifs is 1. The molecule has 9 heteroatoms. The summed E-state index contributed by atoms with van der Waals surface area (Å²) in [5.41, 5.74) is -0.623. The molecule has 1 aromatic rings. The smallest absolute Gasteiger partial charge is 0.360 e. The molecule has 1 fully saturated rings. The molecule has 2 aliphatic rings. The van der Waals surface area contributed by atoms with Gasteiger partial charge < -0.3 is 25.0 Å². The standard InChI is InChI=1S/C15H14N2O7/c18-10(7-23-8-4-2-1-3-5-8)16-11-9-6-24-15(22)12(14(20)21)17(9)13(11)19/h1-5,9,11,22H,6-7H2,(H,16,18)(H,20,21)/t9-,11+/m1/s1. The first kappa shape index (κ1) is 15.7. The van der Waals surface area contributed by atoms with Gasteiger partial charge in [0.2, 0.25) is 5.70 Å². The van der Waals surface area contributed by atoms with Gasteiger partial charge in [0.1, 0.15) is 24.4 Å². The van der Waals surface area contributed by atoms with Crippen LogP contribution in [0.3, 0.4) is 0 Å². The number of amides is 2. The van der Waals surface area contributed by atoms with E-state index in [1.165, 1.54) is 0 Å². The number of carbonyl (C=O) groups excluding carboxylic acids is 2. The van der Waals surface area contributed by atoms with Gasteiger partial charge >= 0.3 is 11.9 Å². The third-order valence-electron chi connectivity index (χ3n) is 3.69. The fourth-order valence-electron chi connectivity index (χ4n) is 2.56. The first-order valence-corrected chi connectivity index (χ1v) is 7.08. The minimum absolute atomic E-state index is 0.112. The van der Waals surface area contributed by atoms with Crippen molar-refractivity contribution in [2.24, 2.45) is 0 Å². The van der Waals surface area contributed by atoms with Gasteiger partial charge in [-0.05, 0) is 12.1 Å². The van der Waals surface area contributed by atoms with Crippen molar-refractivity contribution >= 4 is 17.8 Å². The van der Waals surface area contributed by atoms with Gasteiger partial charge in [0.05, 0.1) is 0 Å². The molecule has 9 nitrogen and oxygen atoms in total. The Morgan fingerprint density at radius 3 is 2.71 bits per heavy atom. The molecule has 0 spiro atoms. The number of carboxylic acid groups (broad SMARTS) is 1. The Labute approximate surface area is 136 Å². The van der Waals surface area contributed by atoms with E-state index in [-0.39, 0.29) is 13.2 Å². The Morgan fingerprint density at radius 2 is 2.04 bits per heavy atom. The van der Waals surface area contributed by atoms with Crippen LogP contribution in [0.1, 0.15) is 0 Å². The average Bonchev–Trinajstić information content (AvgIpc) is 2.58. The van der Waals surface area contributed by atoms with Crippen LogP contribution in [0.5, 0.6) is 5.75 Å². The number of carboxylic acids is 1. The summed E-state index contributed by atoms with van der Waals surface area (Å²) in [6.07, 6.45) is 0. The van der Waals surface area contributed by atoms with Gasteiger partial charge in [0, 0.05) is 0 Å². The van der Waals surface area contributed by atoms with E-state index in [1.54, 1.807) is 30.3 Å². The summed E-state index contributed by atoms with van der Waals surface area (Å²) >= 11 is 0. The van der Waals surface area contributed by atoms with E-state index in [9.17, 15) is 19.5 Å². The van der Waals surface area contributed by atoms with Gasteiger partial charge in [-0.3, -0.25) is 14.5 Å². The lowest BCUT2D eigenvalue weighted by Crippen LogP contribution is -2.73. The Hall–Kier alpha value is -3.23. The van der Waals surface area contributed by atoms with Crippen LogP contribution < -0.4 is 10.1 Å². The van der Waals surface area contributed by atoms with Crippen LogP contribution in [-0.2, 0) is 19.1 Å². The van der Waals surface area contributed by atoms with Gasteiger partial charge in [0.25, 0.3) is 11.8 Å². The number of β-lactam (4-membered cyclic amide) rings is 1. The number of aliphatic hydroxyl groups excluding tert-OH is 1. The van der Waals surface area contributed by atoms with Gasteiger partial charge in [-0.25, -0.2) is 4.79 Å². The zero-order valence-electron chi connectivity index (χ0n) is 12.3. The summed E-state index contributed by atoms with van der Waals surface area (Å²) in [6.45, 7) is -0.396. The molecule has 0 unspecified atom stereocenters. The maximum absolute atomic E-state index is 12.1. The number of aliphatic hydroxyl groups is 1. The number of rotatable bonds is 5. The quantitative estimate of drug-likeness (QED) is 0.626. The van der Waals surface area contributed by atoms with Gasteiger partial charge in [0.15, 0.2) is 6.61 Å². The number of carbonyl (C=O) groups is 3. The van der Waals surface area contributed by atoms with Crippen molar-refractivity contribution in [2.45, 2.75) is 12.1 Å². The van der Waals surface area contributed by atoms with Crippen molar-refractivity contribution in [3.8, 4) is 5.75 Å². The van der Waals surface area contributed by atoms with E-state index >= 15 is 0 Å². The molecule has 3 rings (SSSR count). The van der Waals surface area contributed by atoms with Crippen LogP contribution in [-0.4, -0.2) is 58.2 Å². The van der Waals surface area contributed by atoms with Gasteiger partial charge in [-0.2, -0.15) is 0 Å². The highest BCUT2D eigenvalue weighted by molar-refractivity contribution is 6.01. The van der Waals surface area contributed by atoms with Crippen molar-refractivity contribution in [3.63, 3.8) is 0 Å². The average molecular weight is 334 g/mol. The summed E-state index contributed by atoms with van der Waals surface area (Å²) in [6, 6.07) is 7.09. The molecule has 2 aliphatic heterocycles. The molecule has 1 aromatic carbocycles. The molecule has 0 aromatic heterocycles. The second-order valence-electron chi connectivity index (χ2n) is 5.19. The molecule has 2 amide bonds. The summed E-state index contributed by atoms with van der Waals surface area (Å²) in [5.74, 6) is -2.93. The van der Waals surface area contributed by atoms with Crippen molar-refractivity contribution in [2.75, 3.05) is 13.2 Å². The fourth-order valence-corrected chi connectivity index (χ4v) is 2.56. The maximum Gasteiger partial charge on any atom is 0.360 e. The highest BCUT2D eigenvalue weighted by Crippen LogP contribution is 2.31. The Balaban J connectivity index is 1.59. The van der Waals surface area contributed by atoms with Crippen LogP contribution in [0.4, 0.5) is 0 Å². The number of nitrogens with one attached hydrogen (secondary N) is 1. The van der Waals surface area contributed by atoms with E-state index < -0.39 is 41.5 Å². The molecule has 2 heterocycles. The van der Waals surface area contributed by atoms with Crippen molar-refractivity contribution in [1.82, 2.24) is 10.2 Å². The van der Waals surface area contributed by atoms with Crippen molar-refractivity contribution in [3.05, 3.63) is 42.0 Å². The van der Waals surface area contributed by atoms with E-state index in [0.717, 1.165) is 4.90 Å². The second-order valence-corrected chi connectivity index (χ2v) is 5.19. The monoisotopic (exact) mass is 334 g/mol. The van der Waals surface area contributed by atoms with E-state index in [0.29, 0.717) is 5.75 Å². The highest BCUT2D eigenvalue weighted by atomic mass is 16.6. The number of hydrogen-bond donors (Lipinski definition) is 3. The van der Waals surface area contributed by atoms with Crippen molar-refractivity contribution in [1.29, 1.82) is 0 Å². The fraction of sp³-hybridized carbons (Fsp3) is 0.267. The van der Waals surface area contributed by atoms with Crippen LogP contribution in [0, 0.1) is 0 Å². The van der Waals surface area contributed by atoms with Crippen LogP contribution >= 0.6 is 0 Å². The Morgan fingerprint density at radius 1 is 1.33 bits per heavy atom. The SMILES string of the molecule is O=C(COc1ccccc1)N[C@@H]1C(=O)N2C(C(=O)O)=C(O)OC[C@H]12. The Kier molecular flexibility index (Phi) is 3.98. The summed E-state index contributed by atoms with van der Waals surface area (Å²) in [7, 11) is 0. The largest absolute Gasteiger partial charge is 0.484 e. The topological polar surface area (TPSA) is 125 Å². The number of aliphatic carboxylic acids is 1. The van der Waals surface area contributed by atoms with Crippen LogP contribution in [0.2, 0.25) is 0 Å². The van der Waals surface area contributed by atoms with Gasteiger partial charge in [-0.1, -0.05) is 18.2 Å². The molecule has 24 heavy (non-hydrogen) atoms. The van der Waals surface area contributed by atoms with E-state index in [4.69, 9.17) is 14.6 Å². The molecule has 0 aliphatic carbocycles. The lowest BCUT2D eigenvalue weighted by atomic mass is 9.93. The molecule has 0 saturated carbocycles. The third-order valence-corrected chi connectivity index (χ3v) is 3.69. The van der Waals surface area contributed by atoms with E-state index in [2.05, 4.69) is 5.32 Å². The lowest BCUT2D eigenvalue weighted by Gasteiger charge is -2.48. The highest BCUT2D eigenvalue weighted by Gasteiger charge is 2.55. The van der Waals surface area contributed by atoms with Gasteiger partial charge in [-0.15, -0.1) is 0 Å². The number of hydrogen-bond acceptors (Lipinski definition) is 6. The summed E-state index contributed by atoms with van der Waals surface area (Å²) in [4.78, 5) is 36.0. The molecule has 126 valence electrons. The third kappa shape index (κ3) is 2.71. The van der Waals surface area contributed by atoms with Crippen molar-refractivity contribution < 1.29 is 34.1 Å². The zero-order valence-corrected chi connectivity index (χ0v) is 12.3. The van der Waals surface area contributed by atoms with Crippen LogP contribution in [0.15, 0.2) is 42.0 Å². The minimum Gasteiger partial charge on any atom is -0.484 e. The lowest BCUT2D eigenvalue weighted by molar-refractivity contribution is -0.163. The predicted octanol–water partition coefficient (Wildman–Crippen LogP) is -0.397. The van der Waals surface area contributed by atoms with E-state index in [1.807, 2.05) is 0 Å². The molecule has 1 saturated heterocycles. The Bertz CT molecular complexity index is 716. The first-order valence-electron chi connectivity index (χ1n) is 7.08. The molecule has 3 N–H and O–H groups in total. The maximum atomic E-state index is 12.1. The number of nitrogens with zero attached hydrogens (tertiary/aromatic N) is 1.